The second-order valence-electron chi connectivity index (χ2n) is 5.24. The van der Waals surface area contributed by atoms with Crippen LogP contribution in [0.25, 0.3) is 0 Å². The van der Waals surface area contributed by atoms with Crippen LogP contribution in [0.5, 0.6) is 0 Å². The van der Waals surface area contributed by atoms with Crippen molar-refractivity contribution in [2.75, 3.05) is 6.61 Å². The Bertz CT molecular complexity index is 248. The predicted molar refractivity (Wildman–Crippen MR) is 82.4 cm³/mol. The molecule has 2 nitrogen and oxygen atoms in total. The van der Waals surface area contributed by atoms with E-state index < -0.39 is 0 Å². The van der Waals surface area contributed by atoms with Crippen molar-refractivity contribution in [3.8, 4) is 0 Å². The van der Waals surface area contributed by atoms with E-state index in [0.29, 0.717) is 16.3 Å². The Balaban J connectivity index is 2.21. The standard InChI is InChI=1S/C14H24Br2O2/c1-3-18-14(17)12-7-4-11(5-8-12)6-9-13(16)10(2)15/h10-13H,3-9H2,1-2H3. The highest BCUT2D eigenvalue weighted by atomic mass is 79.9. The third-order valence-electron chi connectivity index (χ3n) is 3.82. The van der Waals surface area contributed by atoms with Crippen LogP contribution in [0.1, 0.15) is 52.4 Å². The molecule has 1 aliphatic carbocycles. The SMILES string of the molecule is CCOC(=O)C1CCC(CCC(Br)C(C)Br)CC1. The minimum absolute atomic E-state index is 0.0170. The van der Waals surface area contributed by atoms with Gasteiger partial charge in [-0.15, -0.1) is 0 Å². The van der Waals surface area contributed by atoms with Crippen molar-refractivity contribution < 1.29 is 9.53 Å². The number of esters is 1. The van der Waals surface area contributed by atoms with E-state index in [9.17, 15) is 4.79 Å². The second-order valence-corrected chi connectivity index (χ2v) is 7.86. The van der Waals surface area contributed by atoms with Gasteiger partial charge in [0.2, 0.25) is 0 Å². The van der Waals surface area contributed by atoms with Gasteiger partial charge < -0.3 is 4.74 Å². The van der Waals surface area contributed by atoms with Crippen LogP contribution in [0.4, 0.5) is 0 Å². The monoisotopic (exact) mass is 382 g/mol. The number of carbonyl (C=O) groups excluding carboxylic acids is 1. The van der Waals surface area contributed by atoms with E-state index in [1.807, 2.05) is 6.92 Å². The van der Waals surface area contributed by atoms with Gasteiger partial charge in [0.25, 0.3) is 0 Å². The molecular weight excluding hydrogens is 360 g/mol. The van der Waals surface area contributed by atoms with Crippen molar-refractivity contribution in [2.24, 2.45) is 11.8 Å². The molecule has 0 radical (unpaired) electrons. The zero-order valence-corrected chi connectivity index (χ0v) is 14.5. The molecule has 106 valence electrons. The zero-order chi connectivity index (χ0) is 13.5. The van der Waals surface area contributed by atoms with Crippen LogP contribution in [0.15, 0.2) is 0 Å². The number of ether oxygens (including phenoxy) is 1. The lowest BCUT2D eigenvalue weighted by Gasteiger charge is -2.28. The lowest BCUT2D eigenvalue weighted by molar-refractivity contribution is -0.149. The first-order valence-electron chi connectivity index (χ1n) is 6.99. The largest absolute Gasteiger partial charge is 0.466 e. The topological polar surface area (TPSA) is 26.3 Å². The Morgan fingerprint density at radius 1 is 1.28 bits per heavy atom. The number of carbonyl (C=O) groups is 1. The maximum atomic E-state index is 11.6. The normalized spacial score (nSPS) is 27.6. The third kappa shape index (κ3) is 5.60. The molecule has 1 aliphatic rings. The minimum atomic E-state index is 0.0170. The number of rotatable bonds is 6. The summed E-state index contributed by atoms with van der Waals surface area (Å²) in [6.07, 6.45) is 6.86. The number of hydrogen-bond acceptors (Lipinski definition) is 2. The van der Waals surface area contributed by atoms with E-state index in [1.165, 1.54) is 25.7 Å². The number of alkyl halides is 2. The van der Waals surface area contributed by atoms with Crippen molar-refractivity contribution >= 4 is 37.8 Å². The van der Waals surface area contributed by atoms with Gasteiger partial charge in [0, 0.05) is 9.65 Å². The van der Waals surface area contributed by atoms with Gasteiger partial charge in [-0.05, 0) is 51.4 Å². The highest BCUT2D eigenvalue weighted by Crippen LogP contribution is 2.33. The molecule has 2 atom stereocenters. The van der Waals surface area contributed by atoms with E-state index in [0.717, 1.165) is 18.8 Å². The molecule has 1 fully saturated rings. The Kier molecular flexibility index (Phi) is 7.85. The van der Waals surface area contributed by atoms with Gasteiger partial charge in [-0.3, -0.25) is 4.79 Å². The zero-order valence-electron chi connectivity index (χ0n) is 11.3. The van der Waals surface area contributed by atoms with E-state index >= 15 is 0 Å². The van der Waals surface area contributed by atoms with Crippen LogP contribution < -0.4 is 0 Å². The van der Waals surface area contributed by atoms with Gasteiger partial charge in [-0.2, -0.15) is 0 Å². The molecule has 18 heavy (non-hydrogen) atoms. The summed E-state index contributed by atoms with van der Waals surface area (Å²) in [5, 5.41) is 0. The van der Waals surface area contributed by atoms with Crippen molar-refractivity contribution in [1.82, 2.24) is 0 Å². The molecule has 4 heteroatoms. The molecule has 0 aromatic heterocycles. The van der Waals surface area contributed by atoms with Gasteiger partial charge in [0.15, 0.2) is 0 Å². The van der Waals surface area contributed by atoms with Gasteiger partial charge in [0.1, 0.15) is 0 Å². The predicted octanol–water partition coefficient (Wildman–Crippen LogP) is 4.68. The Morgan fingerprint density at radius 2 is 1.89 bits per heavy atom. The van der Waals surface area contributed by atoms with Crippen molar-refractivity contribution in [1.29, 1.82) is 0 Å². The fraction of sp³-hybridized carbons (Fsp3) is 0.929. The van der Waals surface area contributed by atoms with Gasteiger partial charge >= 0.3 is 5.97 Å². The van der Waals surface area contributed by atoms with E-state index in [2.05, 4.69) is 38.8 Å². The molecule has 1 rings (SSSR count). The molecule has 0 aliphatic heterocycles. The molecule has 0 aromatic rings. The van der Waals surface area contributed by atoms with Crippen LogP contribution in [-0.4, -0.2) is 22.2 Å². The maximum Gasteiger partial charge on any atom is 0.308 e. The summed E-state index contributed by atoms with van der Waals surface area (Å²) in [6.45, 7) is 4.56. The van der Waals surface area contributed by atoms with Gasteiger partial charge in [-0.25, -0.2) is 0 Å². The summed E-state index contributed by atoms with van der Waals surface area (Å²) in [6, 6.07) is 0. The Morgan fingerprint density at radius 3 is 2.39 bits per heavy atom. The van der Waals surface area contributed by atoms with E-state index in [1.54, 1.807) is 0 Å². The highest BCUT2D eigenvalue weighted by molar-refractivity contribution is 9.12. The average Bonchev–Trinajstić information content (AvgIpc) is 2.36. The summed E-state index contributed by atoms with van der Waals surface area (Å²) in [5.74, 6) is 0.974. The first kappa shape index (κ1) is 16.5. The van der Waals surface area contributed by atoms with Crippen LogP contribution in [-0.2, 0) is 9.53 Å². The quantitative estimate of drug-likeness (QED) is 0.491. The molecule has 1 saturated carbocycles. The summed E-state index contributed by atoms with van der Waals surface area (Å²) in [5.41, 5.74) is 0. The van der Waals surface area contributed by atoms with Gasteiger partial charge in [-0.1, -0.05) is 38.8 Å². The van der Waals surface area contributed by atoms with Crippen molar-refractivity contribution in [3.63, 3.8) is 0 Å². The number of halogens is 2. The van der Waals surface area contributed by atoms with Crippen LogP contribution >= 0.6 is 31.9 Å². The molecule has 0 saturated heterocycles. The highest BCUT2D eigenvalue weighted by Gasteiger charge is 2.27. The van der Waals surface area contributed by atoms with Crippen LogP contribution in [0.3, 0.4) is 0 Å². The van der Waals surface area contributed by atoms with Crippen molar-refractivity contribution in [2.45, 2.75) is 62.0 Å². The van der Waals surface area contributed by atoms with Crippen LogP contribution in [0, 0.1) is 11.8 Å². The Hall–Kier alpha value is 0.430. The Labute approximate surface area is 127 Å². The molecule has 0 heterocycles. The first-order valence-corrected chi connectivity index (χ1v) is 8.82. The molecule has 2 unspecified atom stereocenters. The minimum Gasteiger partial charge on any atom is -0.466 e. The fourth-order valence-corrected chi connectivity index (χ4v) is 3.10. The number of hydrogen-bond donors (Lipinski definition) is 0. The summed E-state index contributed by atoms with van der Waals surface area (Å²) < 4.78 is 5.09. The molecule has 0 N–H and O–H groups in total. The molecule has 0 amide bonds. The maximum absolute atomic E-state index is 11.6. The lowest BCUT2D eigenvalue weighted by atomic mass is 9.80. The molecule has 0 bridgehead atoms. The van der Waals surface area contributed by atoms with Gasteiger partial charge in [0.05, 0.1) is 12.5 Å². The smallest absolute Gasteiger partial charge is 0.308 e. The molecule has 0 spiro atoms. The second kappa shape index (κ2) is 8.57. The van der Waals surface area contributed by atoms with Crippen LogP contribution in [0.2, 0.25) is 0 Å². The first-order chi connectivity index (χ1) is 8.54. The summed E-state index contributed by atoms with van der Waals surface area (Å²) >= 11 is 7.31. The molecule has 0 aromatic carbocycles. The summed E-state index contributed by atoms with van der Waals surface area (Å²) in [7, 11) is 0. The average molecular weight is 384 g/mol. The van der Waals surface area contributed by atoms with Crippen molar-refractivity contribution in [3.05, 3.63) is 0 Å². The lowest BCUT2D eigenvalue weighted by Crippen LogP contribution is -2.24. The fourth-order valence-electron chi connectivity index (χ4n) is 2.57. The molecular formula is C14H24Br2O2. The summed E-state index contributed by atoms with van der Waals surface area (Å²) in [4.78, 5) is 12.7. The third-order valence-corrected chi connectivity index (χ3v) is 6.41. The van der Waals surface area contributed by atoms with E-state index in [-0.39, 0.29) is 11.9 Å². The van der Waals surface area contributed by atoms with E-state index in [4.69, 9.17) is 4.74 Å².